The predicted molar refractivity (Wildman–Crippen MR) is 117 cm³/mol. The molecule has 28 heavy (non-hydrogen) atoms. The van der Waals surface area contributed by atoms with Crippen LogP contribution < -0.4 is 0 Å². The molecule has 0 aromatic carbocycles. The van der Waals surface area contributed by atoms with Crippen LogP contribution in [0, 0.1) is 13.8 Å². The molecule has 4 aromatic heterocycles. The number of aromatic nitrogens is 4. The van der Waals surface area contributed by atoms with Crippen LogP contribution in [0.4, 0.5) is 0 Å². The van der Waals surface area contributed by atoms with E-state index in [0.29, 0.717) is 10.9 Å². The van der Waals surface area contributed by atoms with Gasteiger partial charge in [-0.15, -0.1) is 11.3 Å². The van der Waals surface area contributed by atoms with Crippen molar-refractivity contribution in [2.45, 2.75) is 46.5 Å². The minimum absolute atomic E-state index is 0.474. The van der Waals surface area contributed by atoms with Crippen LogP contribution in [-0.2, 0) is 0 Å². The van der Waals surface area contributed by atoms with Crippen LogP contribution in [0.15, 0.2) is 36.5 Å². The Kier molecular flexibility index (Phi) is 5.21. The van der Waals surface area contributed by atoms with Crippen molar-refractivity contribution in [2.24, 2.45) is 0 Å². The van der Waals surface area contributed by atoms with Gasteiger partial charge in [0.15, 0.2) is 5.65 Å². The molecule has 0 bridgehead atoms. The Balaban J connectivity index is 1.93. The molecule has 144 valence electrons. The first kappa shape index (κ1) is 19.1. The zero-order valence-corrected chi connectivity index (χ0v) is 18.1. The molecule has 0 unspecified atom stereocenters. The highest BCUT2D eigenvalue weighted by atomic mass is 35.5. The van der Waals surface area contributed by atoms with Crippen LogP contribution in [-0.4, -0.2) is 19.6 Å². The SMILES string of the molecule is CCC(CC)c1cc(C)nn2c(-c3sc(-c4ccccn4)cc3Cl)c(C)nc12. The molecule has 0 saturated heterocycles. The van der Waals surface area contributed by atoms with Gasteiger partial charge in [0.1, 0.15) is 5.69 Å². The van der Waals surface area contributed by atoms with Crippen molar-refractivity contribution in [3.8, 4) is 21.1 Å². The van der Waals surface area contributed by atoms with E-state index in [4.69, 9.17) is 21.7 Å². The Hall–Kier alpha value is -2.24. The van der Waals surface area contributed by atoms with E-state index in [2.05, 4.69) is 24.9 Å². The number of fused-ring (bicyclic) bond motifs is 1. The summed E-state index contributed by atoms with van der Waals surface area (Å²) in [6, 6.07) is 10.1. The summed E-state index contributed by atoms with van der Waals surface area (Å²) < 4.78 is 1.98. The second kappa shape index (κ2) is 7.64. The second-order valence-corrected chi connectivity index (χ2v) is 8.50. The molecule has 0 N–H and O–H groups in total. The third-order valence-electron chi connectivity index (χ3n) is 5.15. The molecular formula is C22H23ClN4S. The summed E-state index contributed by atoms with van der Waals surface area (Å²) in [5.74, 6) is 0.474. The lowest BCUT2D eigenvalue weighted by atomic mass is 9.95. The van der Waals surface area contributed by atoms with Gasteiger partial charge in [0.25, 0.3) is 0 Å². The van der Waals surface area contributed by atoms with Crippen LogP contribution in [0.1, 0.15) is 49.6 Å². The normalized spacial score (nSPS) is 11.6. The highest BCUT2D eigenvalue weighted by molar-refractivity contribution is 7.19. The maximum absolute atomic E-state index is 6.67. The lowest BCUT2D eigenvalue weighted by molar-refractivity contribution is 0.638. The van der Waals surface area contributed by atoms with Gasteiger partial charge in [-0.3, -0.25) is 4.98 Å². The van der Waals surface area contributed by atoms with Crippen molar-refractivity contribution in [1.82, 2.24) is 19.6 Å². The molecule has 0 radical (unpaired) electrons. The number of rotatable bonds is 5. The minimum atomic E-state index is 0.474. The average Bonchev–Trinajstić information content (AvgIpc) is 3.22. The number of pyridine rings is 1. The van der Waals surface area contributed by atoms with E-state index in [9.17, 15) is 0 Å². The molecule has 0 aliphatic heterocycles. The third kappa shape index (κ3) is 3.23. The highest BCUT2D eigenvalue weighted by Gasteiger charge is 2.22. The molecule has 0 amide bonds. The summed E-state index contributed by atoms with van der Waals surface area (Å²) in [7, 11) is 0. The van der Waals surface area contributed by atoms with Gasteiger partial charge in [-0.2, -0.15) is 5.10 Å². The van der Waals surface area contributed by atoms with Crippen molar-refractivity contribution >= 4 is 28.6 Å². The predicted octanol–water partition coefficient (Wildman–Crippen LogP) is 6.69. The average molecular weight is 411 g/mol. The largest absolute Gasteiger partial charge is 0.255 e. The number of hydrogen-bond acceptors (Lipinski definition) is 4. The molecule has 4 nitrogen and oxygen atoms in total. The minimum Gasteiger partial charge on any atom is -0.255 e. The number of halogens is 1. The zero-order valence-electron chi connectivity index (χ0n) is 16.5. The first-order chi connectivity index (χ1) is 13.5. The maximum Gasteiger partial charge on any atom is 0.158 e. The quantitative estimate of drug-likeness (QED) is 0.368. The Labute approximate surface area is 174 Å². The van der Waals surface area contributed by atoms with E-state index in [1.165, 1.54) is 5.56 Å². The number of aryl methyl sites for hydroxylation is 2. The standard InChI is InChI=1S/C22H23ClN4S/c1-5-15(6-2)16-11-13(3)26-27-20(14(4)25-22(16)27)21-17(23)12-19(28-21)18-9-7-8-10-24-18/h7-12,15H,5-6H2,1-4H3. The van der Waals surface area contributed by atoms with E-state index in [1.54, 1.807) is 17.5 Å². The molecular weight excluding hydrogens is 388 g/mol. The van der Waals surface area contributed by atoms with Gasteiger partial charge in [0.2, 0.25) is 0 Å². The van der Waals surface area contributed by atoms with Crippen LogP contribution in [0.25, 0.3) is 26.8 Å². The Morgan fingerprint density at radius 2 is 1.93 bits per heavy atom. The molecule has 0 saturated carbocycles. The van der Waals surface area contributed by atoms with Crippen molar-refractivity contribution in [2.75, 3.05) is 0 Å². The smallest absolute Gasteiger partial charge is 0.158 e. The van der Waals surface area contributed by atoms with Crippen molar-refractivity contribution in [3.05, 3.63) is 58.5 Å². The second-order valence-electron chi connectivity index (χ2n) is 7.04. The number of nitrogens with zero attached hydrogens (tertiary/aromatic N) is 4. The lowest BCUT2D eigenvalue weighted by Crippen LogP contribution is -2.04. The molecule has 0 atom stereocenters. The Bertz CT molecular complexity index is 1130. The van der Waals surface area contributed by atoms with Gasteiger partial charge in [0, 0.05) is 11.8 Å². The van der Waals surface area contributed by atoms with E-state index in [-0.39, 0.29) is 0 Å². The fraction of sp³-hybridized carbons (Fsp3) is 0.318. The van der Waals surface area contributed by atoms with Gasteiger partial charge in [-0.05, 0) is 56.9 Å². The van der Waals surface area contributed by atoms with Gasteiger partial charge in [0.05, 0.1) is 31.9 Å². The Morgan fingerprint density at radius 1 is 1.14 bits per heavy atom. The summed E-state index contributed by atoms with van der Waals surface area (Å²) in [5.41, 5.74) is 6.05. The first-order valence-corrected chi connectivity index (χ1v) is 10.8. The zero-order chi connectivity index (χ0) is 19.8. The van der Waals surface area contributed by atoms with E-state index >= 15 is 0 Å². The molecule has 4 aromatic rings. The molecule has 0 aliphatic carbocycles. The van der Waals surface area contributed by atoms with Crippen LogP contribution in [0.5, 0.6) is 0 Å². The van der Waals surface area contributed by atoms with Crippen LogP contribution >= 0.6 is 22.9 Å². The summed E-state index contributed by atoms with van der Waals surface area (Å²) in [5, 5.41) is 5.51. The molecule has 0 fully saturated rings. The molecule has 4 heterocycles. The summed E-state index contributed by atoms with van der Waals surface area (Å²) in [6.07, 6.45) is 3.97. The first-order valence-electron chi connectivity index (χ1n) is 9.61. The summed E-state index contributed by atoms with van der Waals surface area (Å²) in [6.45, 7) is 8.53. The highest BCUT2D eigenvalue weighted by Crippen LogP contribution is 2.42. The third-order valence-corrected chi connectivity index (χ3v) is 6.73. The molecule has 4 rings (SSSR count). The number of hydrogen-bond donors (Lipinski definition) is 0. The summed E-state index contributed by atoms with van der Waals surface area (Å²) >= 11 is 8.30. The van der Waals surface area contributed by atoms with Crippen molar-refractivity contribution in [1.29, 1.82) is 0 Å². The number of imidazole rings is 1. The van der Waals surface area contributed by atoms with Gasteiger partial charge >= 0.3 is 0 Å². The fourth-order valence-electron chi connectivity index (χ4n) is 3.73. The molecule has 6 heteroatoms. The number of thiophene rings is 1. The van der Waals surface area contributed by atoms with E-state index in [0.717, 1.165) is 51.0 Å². The van der Waals surface area contributed by atoms with Crippen LogP contribution in [0.3, 0.4) is 0 Å². The molecule has 0 aliphatic rings. The topological polar surface area (TPSA) is 43.1 Å². The summed E-state index contributed by atoms with van der Waals surface area (Å²) in [4.78, 5) is 11.4. The van der Waals surface area contributed by atoms with Gasteiger partial charge in [-0.1, -0.05) is 31.5 Å². The van der Waals surface area contributed by atoms with E-state index in [1.807, 2.05) is 42.6 Å². The van der Waals surface area contributed by atoms with Gasteiger partial charge in [-0.25, -0.2) is 9.50 Å². The molecule has 0 spiro atoms. The monoisotopic (exact) mass is 410 g/mol. The fourth-order valence-corrected chi connectivity index (χ4v) is 5.22. The van der Waals surface area contributed by atoms with Crippen molar-refractivity contribution < 1.29 is 0 Å². The lowest BCUT2D eigenvalue weighted by Gasteiger charge is -2.14. The van der Waals surface area contributed by atoms with E-state index < -0.39 is 0 Å². The van der Waals surface area contributed by atoms with Crippen molar-refractivity contribution in [3.63, 3.8) is 0 Å². The van der Waals surface area contributed by atoms with Crippen LogP contribution in [0.2, 0.25) is 5.02 Å². The maximum atomic E-state index is 6.67. The Morgan fingerprint density at radius 3 is 2.61 bits per heavy atom. The van der Waals surface area contributed by atoms with Gasteiger partial charge < -0.3 is 0 Å².